The summed E-state index contributed by atoms with van der Waals surface area (Å²) in [6, 6.07) is 7.05. The third-order valence-electron chi connectivity index (χ3n) is 7.02. The van der Waals surface area contributed by atoms with Crippen LogP contribution in [0.15, 0.2) is 24.3 Å². The van der Waals surface area contributed by atoms with Crippen LogP contribution >= 0.6 is 11.3 Å². The monoisotopic (exact) mass is 494 g/mol. The lowest BCUT2D eigenvalue weighted by Gasteiger charge is -2.35. The molecule has 3 amide bonds. The Morgan fingerprint density at radius 2 is 1.94 bits per heavy atom. The Bertz CT molecular complexity index is 1300. The van der Waals surface area contributed by atoms with Crippen molar-refractivity contribution in [3.05, 3.63) is 51.1 Å². The number of hydrogen-bond donors (Lipinski definition) is 4. The summed E-state index contributed by atoms with van der Waals surface area (Å²) in [7, 11) is 2.05. The minimum Gasteiger partial charge on any atom is -0.369 e. The van der Waals surface area contributed by atoms with Crippen molar-refractivity contribution in [2.75, 3.05) is 13.6 Å². The predicted octanol–water partition coefficient (Wildman–Crippen LogP) is 2.10. The van der Waals surface area contributed by atoms with Crippen LogP contribution in [0.3, 0.4) is 0 Å². The van der Waals surface area contributed by atoms with Crippen LogP contribution in [-0.4, -0.2) is 58.3 Å². The van der Waals surface area contributed by atoms with Crippen LogP contribution in [0.2, 0.25) is 0 Å². The first-order chi connectivity index (χ1) is 16.8. The first-order valence-corrected chi connectivity index (χ1v) is 12.8. The van der Waals surface area contributed by atoms with Gasteiger partial charge in [0.1, 0.15) is 5.69 Å². The van der Waals surface area contributed by atoms with E-state index in [1.54, 1.807) is 0 Å². The molecule has 9 nitrogen and oxygen atoms in total. The van der Waals surface area contributed by atoms with Gasteiger partial charge >= 0.3 is 0 Å². The number of H-pyrrole nitrogens is 1. The molecule has 0 radical (unpaired) electrons. The number of rotatable bonds is 5. The second-order valence-electron chi connectivity index (χ2n) is 9.72. The molecular weight excluding hydrogens is 464 g/mol. The predicted molar refractivity (Wildman–Crippen MR) is 134 cm³/mol. The molecule has 35 heavy (non-hydrogen) atoms. The van der Waals surface area contributed by atoms with Crippen molar-refractivity contribution in [1.29, 1.82) is 0 Å². The molecule has 1 aliphatic carbocycles. The molecule has 2 aliphatic rings. The average molecular weight is 495 g/mol. The summed E-state index contributed by atoms with van der Waals surface area (Å²) in [5, 5.41) is 7.50. The molecule has 2 aromatic heterocycles. The summed E-state index contributed by atoms with van der Waals surface area (Å²) in [6.07, 6.45) is 2.32. The second-order valence-corrected chi connectivity index (χ2v) is 10.8. The van der Waals surface area contributed by atoms with E-state index in [0.29, 0.717) is 30.0 Å². The van der Waals surface area contributed by atoms with Gasteiger partial charge in [-0.2, -0.15) is 0 Å². The highest BCUT2D eigenvalue weighted by atomic mass is 32.1. The van der Waals surface area contributed by atoms with E-state index in [9.17, 15) is 14.4 Å². The molecule has 3 atom stereocenters. The zero-order chi connectivity index (χ0) is 24.7. The van der Waals surface area contributed by atoms with Crippen LogP contribution in [0.4, 0.5) is 0 Å². The van der Waals surface area contributed by atoms with Gasteiger partial charge in [0.05, 0.1) is 11.7 Å². The molecule has 1 aliphatic heterocycles. The number of likely N-dealkylation sites (N-methyl/N-ethyl adjacent to an activating group) is 1. The van der Waals surface area contributed by atoms with Crippen molar-refractivity contribution in [2.24, 2.45) is 11.7 Å². The van der Waals surface area contributed by atoms with E-state index >= 15 is 0 Å². The fraction of sp³-hybridized carbons (Fsp3) is 0.440. The fourth-order valence-corrected chi connectivity index (χ4v) is 6.12. The lowest BCUT2D eigenvalue weighted by atomic mass is 9.81. The molecular formula is C25H30N6O3S. The normalized spacial score (nSPS) is 22.5. The van der Waals surface area contributed by atoms with Crippen LogP contribution < -0.4 is 16.4 Å². The van der Waals surface area contributed by atoms with Crippen molar-refractivity contribution >= 4 is 40.0 Å². The van der Waals surface area contributed by atoms with Crippen LogP contribution in [0.1, 0.15) is 55.7 Å². The molecule has 0 saturated heterocycles. The third kappa shape index (κ3) is 4.94. The first kappa shape index (κ1) is 23.5. The standard InChI is InChI=1S/C25H30N6O3S/c1-13-3-5-16-15(9-13)11-20(27-16)23(33)28-17-6-4-14(22(26)32)10-19(17)29-24(34)25-30-18-7-8-31(2)12-21(18)35-25/h3,5,9,11,14,17,19,27H,4,6-8,10,12H2,1-2H3,(H2,26,32)(H,28,33)(H,29,34)/t14-,17-,19+/m0/s1. The van der Waals surface area contributed by atoms with Gasteiger partial charge in [0, 0.05) is 47.3 Å². The van der Waals surface area contributed by atoms with E-state index in [2.05, 4.69) is 32.5 Å². The highest BCUT2D eigenvalue weighted by Crippen LogP contribution is 2.28. The molecule has 1 aromatic carbocycles. The Labute approximate surface area is 207 Å². The number of hydrogen-bond acceptors (Lipinski definition) is 6. The summed E-state index contributed by atoms with van der Waals surface area (Å²) >= 11 is 1.41. The van der Waals surface area contributed by atoms with Gasteiger partial charge in [0.2, 0.25) is 5.91 Å². The van der Waals surface area contributed by atoms with Crippen molar-refractivity contribution in [3.8, 4) is 0 Å². The highest BCUT2D eigenvalue weighted by Gasteiger charge is 2.36. The zero-order valence-corrected chi connectivity index (χ0v) is 20.7. The number of thiazole rings is 1. The second kappa shape index (κ2) is 9.43. The number of nitrogens with one attached hydrogen (secondary N) is 3. The van der Waals surface area contributed by atoms with Crippen molar-refractivity contribution < 1.29 is 14.4 Å². The quantitative estimate of drug-likeness (QED) is 0.431. The van der Waals surface area contributed by atoms with Gasteiger partial charge in [-0.1, -0.05) is 11.6 Å². The van der Waals surface area contributed by atoms with E-state index in [0.717, 1.165) is 46.5 Å². The van der Waals surface area contributed by atoms with Crippen LogP contribution in [0, 0.1) is 12.8 Å². The molecule has 0 unspecified atom stereocenters. The minimum absolute atomic E-state index is 0.242. The number of benzene rings is 1. The average Bonchev–Trinajstić information content (AvgIpc) is 3.43. The fourth-order valence-electron chi connectivity index (χ4n) is 5.03. The maximum Gasteiger partial charge on any atom is 0.280 e. The largest absolute Gasteiger partial charge is 0.369 e. The maximum absolute atomic E-state index is 13.1. The van der Waals surface area contributed by atoms with Crippen LogP contribution in [0.5, 0.6) is 0 Å². The van der Waals surface area contributed by atoms with Gasteiger partial charge in [-0.25, -0.2) is 4.98 Å². The van der Waals surface area contributed by atoms with Gasteiger partial charge in [0.25, 0.3) is 11.8 Å². The number of aryl methyl sites for hydroxylation is 1. The van der Waals surface area contributed by atoms with E-state index in [1.165, 1.54) is 11.3 Å². The topological polar surface area (TPSA) is 133 Å². The van der Waals surface area contributed by atoms with E-state index in [4.69, 9.17) is 5.73 Å². The number of fused-ring (bicyclic) bond motifs is 2. The maximum atomic E-state index is 13.1. The molecule has 5 N–H and O–H groups in total. The van der Waals surface area contributed by atoms with Crippen LogP contribution in [-0.2, 0) is 17.8 Å². The Hall–Kier alpha value is -3.24. The third-order valence-corrected chi connectivity index (χ3v) is 8.10. The molecule has 0 bridgehead atoms. The first-order valence-electron chi connectivity index (χ1n) is 11.9. The van der Waals surface area contributed by atoms with E-state index < -0.39 is 6.04 Å². The summed E-state index contributed by atoms with van der Waals surface area (Å²) < 4.78 is 0. The van der Waals surface area contributed by atoms with Crippen LogP contribution in [0.25, 0.3) is 10.9 Å². The zero-order valence-electron chi connectivity index (χ0n) is 19.9. The number of nitrogens with zero attached hydrogens (tertiary/aromatic N) is 2. The number of primary amides is 1. The molecule has 10 heteroatoms. The Kier molecular flexibility index (Phi) is 6.33. The van der Waals surface area contributed by atoms with Gasteiger partial charge in [-0.3, -0.25) is 14.4 Å². The minimum atomic E-state index is -0.423. The summed E-state index contributed by atoms with van der Waals surface area (Å²) in [5.74, 6) is -1.24. The SMILES string of the molecule is Cc1ccc2[nH]c(C(=O)N[C@H]3CC[C@H](C(N)=O)C[C@H]3NC(=O)c3nc4c(s3)CN(C)CC4)cc2c1. The Balaban J connectivity index is 1.32. The number of nitrogens with two attached hydrogens (primary N) is 1. The molecule has 3 aromatic rings. The molecule has 0 spiro atoms. The number of carbonyl (C=O) groups is 3. The Morgan fingerprint density at radius 1 is 1.14 bits per heavy atom. The molecule has 3 heterocycles. The van der Waals surface area contributed by atoms with Gasteiger partial charge in [-0.15, -0.1) is 11.3 Å². The van der Waals surface area contributed by atoms with Gasteiger partial charge < -0.3 is 26.3 Å². The van der Waals surface area contributed by atoms with E-state index in [-0.39, 0.29) is 29.7 Å². The van der Waals surface area contributed by atoms with Crippen molar-refractivity contribution in [3.63, 3.8) is 0 Å². The summed E-state index contributed by atoms with van der Waals surface area (Å²) in [4.78, 5) is 49.2. The summed E-state index contributed by atoms with van der Waals surface area (Å²) in [5.41, 5.74) is 9.04. The lowest BCUT2D eigenvalue weighted by Crippen LogP contribution is -2.55. The highest BCUT2D eigenvalue weighted by molar-refractivity contribution is 7.13. The number of aromatic nitrogens is 2. The Morgan fingerprint density at radius 3 is 2.74 bits per heavy atom. The van der Waals surface area contributed by atoms with Gasteiger partial charge in [-0.05, 0) is 51.4 Å². The molecule has 5 rings (SSSR count). The molecule has 184 valence electrons. The lowest BCUT2D eigenvalue weighted by molar-refractivity contribution is -0.123. The smallest absolute Gasteiger partial charge is 0.280 e. The van der Waals surface area contributed by atoms with Crippen molar-refractivity contribution in [2.45, 2.75) is 51.2 Å². The summed E-state index contributed by atoms with van der Waals surface area (Å²) in [6.45, 7) is 3.71. The number of amides is 3. The van der Waals surface area contributed by atoms with E-state index in [1.807, 2.05) is 31.2 Å². The number of carbonyl (C=O) groups excluding carboxylic acids is 3. The van der Waals surface area contributed by atoms with Gasteiger partial charge in [0.15, 0.2) is 5.01 Å². The van der Waals surface area contributed by atoms with Crippen molar-refractivity contribution in [1.82, 2.24) is 25.5 Å². The molecule has 1 fully saturated rings. The number of aromatic amines is 1. The molecule has 1 saturated carbocycles.